The van der Waals surface area contributed by atoms with Crippen molar-refractivity contribution in [2.75, 3.05) is 5.75 Å². The number of carbonyl (C=O) groups is 1. The molecular formula is C20H21N3OS. The van der Waals surface area contributed by atoms with Gasteiger partial charge in [-0.25, -0.2) is 0 Å². The van der Waals surface area contributed by atoms with E-state index in [4.69, 9.17) is 5.73 Å². The molecule has 4 nitrogen and oxygen atoms in total. The van der Waals surface area contributed by atoms with Gasteiger partial charge in [0.15, 0.2) is 5.17 Å². The Labute approximate surface area is 152 Å². The fourth-order valence-electron chi connectivity index (χ4n) is 2.98. The molecule has 1 amide bonds. The quantitative estimate of drug-likeness (QED) is 0.805. The zero-order valence-electron chi connectivity index (χ0n) is 14.2. The summed E-state index contributed by atoms with van der Waals surface area (Å²) in [5.74, 6) is 6.38. The maximum absolute atomic E-state index is 12.1. The van der Waals surface area contributed by atoms with Crippen LogP contribution in [0.25, 0.3) is 0 Å². The van der Waals surface area contributed by atoms with E-state index in [-0.39, 0.29) is 17.4 Å². The number of rotatable bonds is 2. The van der Waals surface area contributed by atoms with Crippen molar-refractivity contribution in [1.82, 2.24) is 5.32 Å². The van der Waals surface area contributed by atoms with Crippen LogP contribution in [0.15, 0.2) is 59.2 Å². The summed E-state index contributed by atoms with van der Waals surface area (Å²) in [6.45, 7) is 2.13. The minimum absolute atomic E-state index is 0.216. The number of aliphatic imine (C=N–C) groups is 1. The Balaban J connectivity index is 1.69. The van der Waals surface area contributed by atoms with Gasteiger partial charge in [0.05, 0.1) is 5.54 Å². The number of nitrogens with two attached hydrogens (primary N) is 1. The van der Waals surface area contributed by atoms with Gasteiger partial charge in [-0.15, -0.1) is 0 Å². The molecule has 1 unspecified atom stereocenters. The molecule has 3 rings (SSSR count). The van der Waals surface area contributed by atoms with E-state index < -0.39 is 0 Å². The van der Waals surface area contributed by atoms with Gasteiger partial charge in [-0.1, -0.05) is 48.0 Å². The van der Waals surface area contributed by atoms with Crippen molar-refractivity contribution in [3.8, 4) is 11.8 Å². The third-order valence-corrected chi connectivity index (χ3v) is 5.24. The number of nitrogens with zero attached hydrogens (tertiary/aromatic N) is 1. The highest BCUT2D eigenvalue weighted by Gasteiger charge is 2.35. The second-order valence-corrected chi connectivity index (χ2v) is 7.46. The van der Waals surface area contributed by atoms with Crippen molar-refractivity contribution in [3.05, 3.63) is 59.8 Å². The van der Waals surface area contributed by atoms with E-state index in [0.717, 1.165) is 29.9 Å². The third kappa shape index (κ3) is 4.55. The maximum Gasteiger partial charge on any atom is 0.300 e. The summed E-state index contributed by atoms with van der Waals surface area (Å²) in [5, 5.41) is 3.51. The normalized spacial score (nSPS) is 25.2. The number of amidine groups is 1. The average molecular weight is 351 g/mol. The van der Waals surface area contributed by atoms with Crippen molar-refractivity contribution in [3.63, 3.8) is 0 Å². The van der Waals surface area contributed by atoms with E-state index in [1.54, 1.807) is 11.8 Å². The Hall–Kier alpha value is -2.45. The van der Waals surface area contributed by atoms with Crippen molar-refractivity contribution >= 4 is 22.8 Å². The first kappa shape index (κ1) is 17.4. The molecule has 0 saturated heterocycles. The first-order valence-electron chi connectivity index (χ1n) is 8.30. The van der Waals surface area contributed by atoms with Gasteiger partial charge < -0.3 is 11.1 Å². The Bertz CT molecular complexity index is 801. The zero-order valence-corrected chi connectivity index (χ0v) is 15.0. The third-order valence-electron chi connectivity index (χ3n) is 4.44. The number of amides is 1. The molecule has 1 aliphatic carbocycles. The fourth-order valence-corrected chi connectivity index (χ4v) is 3.98. The smallest absolute Gasteiger partial charge is 0.300 e. The summed E-state index contributed by atoms with van der Waals surface area (Å²) < 4.78 is 0. The molecule has 0 aromatic heterocycles. The van der Waals surface area contributed by atoms with Crippen LogP contribution in [0, 0.1) is 17.8 Å². The number of hydrogen-bond donors (Lipinski definition) is 2. The molecule has 2 atom stereocenters. The number of hydrogen-bond acceptors (Lipinski definition) is 4. The molecule has 0 fully saturated rings. The van der Waals surface area contributed by atoms with Crippen LogP contribution in [-0.4, -0.2) is 22.4 Å². The van der Waals surface area contributed by atoms with E-state index in [1.165, 1.54) is 0 Å². The molecular weight excluding hydrogens is 330 g/mol. The second kappa shape index (κ2) is 7.62. The van der Waals surface area contributed by atoms with Crippen molar-refractivity contribution < 1.29 is 4.79 Å². The first-order chi connectivity index (χ1) is 12.0. The predicted molar refractivity (Wildman–Crippen MR) is 104 cm³/mol. The molecule has 1 heterocycles. The van der Waals surface area contributed by atoms with Gasteiger partial charge in [0, 0.05) is 28.9 Å². The van der Waals surface area contributed by atoms with Crippen LogP contribution in [0.2, 0.25) is 0 Å². The first-order valence-corrected chi connectivity index (χ1v) is 9.28. The Morgan fingerprint density at radius 1 is 1.40 bits per heavy atom. The van der Waals surface area contributed by atoms with Gasteiger partial charge in [-0.2, -0.15) is 0 Å². The molecule has 0 bridgehead atoms. The average Bonchev–Trinajstić information content (AvgIpc) is 2.61. The summed E-state index contributed by atoms with van der Waals surface area (Å²) in [6, 6.07) is 9.46. The highest BCUT2D eigenvalue weighted by Crippen LogP contribution is 2.37. The molecule has 1 aromatic rings. The van der Waals surface area contributed by atoms with Gasteiger partial charge >= 0.3 is 5.91 Å². The molecule has 1 aromatic carbocycles. The van der Waals surface area contributed by atoms with E-state index in [9.17, 15) is 4.79 Å². The van der Waals surface area contributed by atoms with Crippen LogP contribution in [0.5, 0.6) is 0 Å². The maximum atomic E-state index is 12.1. The molecule has 0 radical (unpaired) electrons. The highest BCUT2D eigenvalue weighted by molar-refractivity contribution is 8.13. The molecule has 25 heavy (non-hydrogen) atoms. The van der Waals surface area contributed by atoms with Crippen LogP contribution >= 0.6 is 11.8 Å². The molecule has 128 valence electrons. The van der Waals surface area contributed by atoms with Gasteiger partial charge in [-0.3, -0.25) is 9.79 Å². The van der Waals surface area contributed by atoms with Crippen LogP contribution in [0.1, 0.15) is 25.3 Å². The van der Waals surface area contributed by atoms with Crippen LogP contribution in [0.4, 0.5) is 0 Å². The van der Waals surface area contributed by atoms with Crippen molar-refractivity contribution in [2.45, 2.75) is 25.3 Å². The zero-order chi connectivity index (χ0) is 17.7. The molecule has 5 heteroatoms. The molecule has 0 saturated carbocycles. The van der Waals surface area contributed by atoms with Crippen molar-refractivity contribution in [2.24, 2.45) is 16.6 Å². The standard InChI is InChI=1S/C20H21N3OS/c1-20(12-13-25-19(21)23-20)16-8-5-9-17(14-16)22-18(24)11-10-15-6-3-2-4-7-15/h2-7,9,14,16H,8,12-13H2,1H3,(H2,21,23)(H,22,24)/t16?,20-/m0/s1. The minimum atomic E-state index is -0.312. The van der Waals surface area contributed by atoms with Crippen LogP contribution < -0.4 is 11.1 Å². The Morgan fingerprint density at radius 2 is 2.20 bits per heavy atom. The minimum Gasteiger partial charge on any atom is -0.379 e. The molecule has 1 aliphatic heterocycles. The predicted octanol–water partition coefficient (Wildman–Crippen LogP) is 2.82. The van der Waals surface area contributed by atoms with E-state index in [2.05, 4.69) is 41.2 Å². The van der Waals surface area contributed by atoms with Crippen LogP contribution in [0.3, 0.4) is 0 Å². The van der Waals surface area contributed by atoms with Crippen molar-refractivity contribution in [1.29, 1.82) is 0 Å². The largest absolute Gasteiger partial charge is 0.379 e. The lowest BCUT2D eigenvalue weighted by Gasteiger charge is -2.36. The van der Waals surface area contributed by atoms with Gasteiger partial charge in [0.1, 0.15) is 0 Å². The Kier molecular flexibility index (Phi) is 5.30. The second-order valence-electron chi connectivity index (χ2n) is 6.34. The summed E-state index contributed by atoms with van der Waals surface area (Å²) >= 11 is 1.60. The SMILES string of the molecule is C[C@@]1(C2C=C(NC(=O)C#Cc3ccccc3)C=CC2)CCSC(N)=N1. The summed E-state index contributed by atoms with van der Waals surface area (Å²) in [7, 11) is 0. The number of nitrogens with one attached hydrogen (secondary N) is 1. The lowest BCUT2D eigenvalue weighted by molar-refractivity contribution is -0.115. The molecule has 2 aliphatic rings. The lowest BCUT2D eigenvalue weighted by Crippen LogP contribution is -2.38. The summed E-state index contributed by atoms with van der Waals surface area (Å²) in [5.41, 5.74) is 7.29. The van der Waals surface area contributed by atoms with Gasteiger partial charge in [0.25, 0.3) is 0 Å². The van der Waals surface area contributed by atoms with Crippen LogP contribution in [-0.2, 0) is 4.79 Å². The number of carbonyl (C=O) groups excluding carboxylic acids is 1. The van der Waals surface area contributed by atoms with E-state index in [1.807, 2.05) is 36.4 Å². The number of allylic oxidation sites excluding steroid dienone is 2. The highest BCUT2D eigenvalue weighted by atomic mass is 32.2. The Morgan fingerprint density at radius 3 is 2.96 bits per heavy atom. The number of thioether (sulfide) groups is 1. The van der Waals surface area contributed by atoms with E-state index >= 15 is 0 Å². The topological polar surface area (TPSA) is 67.5 Å². The molecule has 3 N–H and O–H groups in total. The summed E-state index contributed by atoms with van der Waals surface area (Å²) in [4.78, 5) is 16.8. The van der Waals surface area contributed by atoms with E-state index in [0.29, 0.717) is 5.17 Å². The van der Waals surface area contributed by atoms with Gasteiger partial charge in [0.2, 0.25) is 0 Å². The monoisotopic (exact) mass is 351 g/mol. The lowest BCUT2D eigenvalue weighted by atomic mass is 9.79. The fraction of sp³-hybridized carbons (Fsp3) is 0.300. The number of benzene rings is 1. The van der Waals surface area contributed by atoms with Gasteiger partial charge in [-0.05, 0) is 38.0 Å². The summed E-state index contributed by atoms with van der Waals surface area (Å²) in [6.07, 6.45) is 7.94. The molecule has 0 spiro atoms.